The molecule has 2 aromatic rings. The first-order valence-corrected chi connectivity index (χ1v) is 11.0. The zero-order chi connectivity index (χ0) is 24.1. The van der Waals surface area contributed by atoms with Crippen molar-refractivity contribution in [3.05, 3.63) is 46.5 Å². The van der Waals surface area contributed by atoms with E-state index in [1.54, 1.807) is 19.2 Å². The average Bonchev–Trinajstić information content (AvgIpc) is 2.78. The summed E-state index contributed by atoms with van der Waals surface area (Å²) in [6.45, 7) is 15.9. The van der Waals surface area contributed by atoms with E-state index in [1.807, 2.05) is 67.5 Å². The van der Waals surface area contributed by atoms with E-state index in [0.717, 1.165) is 22.3 Å². The van der Waals surface area contributed by atoms with Gasteiger partial charge < -0.3 is 19.3 Å². The SMILES string of the molecule is CC.CC.COC(=O)CCc1cc(C)c(Oc2ccc(O)c(C(C)C)c2)c(C)c1OC. The number of carbonyl (C=O) groups is 1. The lowest BCUT2D eigenvalue weighted by atomic mass is 10.00. The molecule has 0 fully saturated rings. The maximum absolute atomic E-state index is 11.5. The standard InChI is InChI=1S/C22H28O5.2C2H6/c1-13(2)18-12-17(8-9-19(18)23)27-21-14(3)11-16(7-10-20(24)25-5)22(26-6)15(21)4;2*1-2/h8-9,11-13,23H,7,10H2,1-6H3;2*1-2H3. The van der Waals surface area contributed by atoms with E-state index in [1.165, 1.54) is 7.11 Å². The minimum atomic E-state index is -0.252. The van der Waals surface area contributed by atoms with Gasteiger partial charge in [-0.25, -0.2) is 0 Å². The predicted molar refractivity (Wildman–Crippen MR) is 128 cm³/mol. The van der Waals surface area contributed by atoms with Gasteiger partial charge in [0.15, 0.2) is 0 Å². The van der Waals surface area contributed by atoms with Gasteiger partial charge in [-0.15, -0.1) is 0 Å². The Hall–Kier alpha value is -2.69. The molecule has 0 aliphatic carbocycles. The zero-order valence-electron chi connectivity index (χ0n) is 20.9. The second-order valence-corrected chi connectivity index (χ2v) is 6.89. The Balaban J connectivity index is 0.00000212. The highest BCUT2D eigenvalue weighted by molar-refractivity contribution is 5.70. The second-order valence-electron chi connectivity index (χ2n) is 6.89. The normalized spacial score (nSPS) is 9.77. The highest BCUT2D eigenvalue weighted by Gasteiger charge is 2.17. The van der Waals surface area contributed by atoms with Gasteiger partial charge in [0, 0.05) is 17.5 Å². The molecule has 0 bridgehead atoms. The topological polar surface area (TPSA) is 65.0 Å². The number of ether oxygens (including phenoxy) is 3. The maximum Gasteiger partial charge on any atom is 0.305 e. The molecule has 5 nitrogen and oxygen atoms in total. The number of hydrogen-bond acceptors (Lipinski definition) is 5. The van der Waals surface area contributed by atoms with Crippen molar-refractivity contribution in [2.75, 3.05) is 14.2 Å². The van der Waals surface area contributed by atoms with E-state index in [4.69, 9.17) is 14.2 Å². The van der Waals surface area contributed by atoms with E-state index >= 15 is 0 Å². The van der Waals surface area contributed by atoms with Crippen LogP contribution in [0.1, 0.15) is 76.1 Å². The minimum Gasteiger partial charge on any atom is -0.508 e. The van der Waals surface area contributed by atoms with Gasteiger partial charge in [0.05, 0.1) is 14.2 Å². The third kappa shape index (κ3) is 7.82. The van der Waals surface area contributed by atoms with Crippen molar-refractivity contribution in [3.8, 4) is 23.0 Å². The van der Waals surface area contributed by atoms with Gasteiger partial charge in [-0.3, -0.25) is 4.79 Å². The maximum atomic E-state index is 11.5. The molecule has 0 aromatic heterocycles. The van der Waals surface area contributed by atoms with E-state index in [9.17, 15) is 9.90 Å². The van der Waals surface area contributed by atoms with Crippen LogP contribution in [0.2, 0.25) is 0 Å². The van der Waals surface area contributed by atoms with Crippen molar-refractivity contribution in [2.24, 2.45) is 0 Å². The number of hydrogen-bond donors (Lipinski definition) is 1. The number of phenols is 1. The molecule has 0 aliphatic heterocycles. The van der Waals surface area contributed by atoms with Gasteiger partial charge in [0.2, 0.25) is 0 Å². The van der Waals surface area contributed by atoms with Crippen LogP contribution in [0.3, 0.4) is 0 Å². The highest BCUT2D eigenvalue weighted by Crippen LogP contribution is 2.39. The number of aryl methyl sites for hydroxylation is 2. The summed E-state index contributed by atoms with van der Waals surface area (Å²) in [7, 11) is 3.00. The lowest BCUT2D eigenvalue weighted by Gasteiger charge is -2.19. The molecule has 0 atom stereocenters. The molecule has 0 spiro atoms. The number of rotatable bonds is 7. The Morgan fingerprint density at radius 1 is 1.00 bits per heavy atom. The van der Waals surface area contributed by atoms with E-state index in [2.05, 4.69) is 0 Å². The van der Waals surface area contributed by atoms with Crippen LogP contribution in [0, 0.1) is 13.8 Å². The lowest BCUT2D eigenvalue weighted by molar-refractivity contribution is -0.140. The summed E-state index contributed by atoms with van der Waals surface area (Å²) in [5, 5.41) is 10.0. The largest absolute Gasteiger partial charge is 0.508 e. The summed E-state index contributed by atoms with van der Waals surface area (Å²) in [5.74, 6) is 2.29. The molecule has 174 valence electrons. The number of methoxy groups -OCH3 is 2. The van der Waals surface area contributed by atoms with Gasteiger partial charge >= 0.3 is 5.97 Å². The second kappa shape index (κ2) is 14.3. The Labute approximate surface area is 188 Å². The van der Waals surface area contributed by atoms with Crippen molar-refractivity contribution in [1.82, 2.24) is 0 Å². The monoisotopic (exact) mass is 432 g/mol. The smallest absolute Gasteiger partial charge is 0.305 e. The first-order valence-electron chi connectivity index (χ1n) is 11.0. The summed E-state index contributed by atoms with van der Waals surface area (Å²) in [4.78, 5) is 11.5. The van der Waals surface area contributed by atoms with Crippen molar-refractivity contribution in [2.45, 2.75) is 74.1 Å². The van der Waals surface area contributed by atoms with Crippen molar-refractivity contribution < 1.29 is 24.1 Å². The molecule has 2 rings (SSSR count). The molecular weight excluding hydrogens is 392 g/mol. The fourth-order valence-corrected chi connectivity index (χ4v) is 3.17. The van der Waals surface area contributed by atoms with E-state index < -0.39 is 0 Å². The van der Waals surface area contributed by atoms with Gasteiger partial charge in [0.1, 0.15) is 23.0 Å². The summed E-state index contributed by atoms with van der Waals surface area (Å²) < 4.78 is 16.5. The van der Waals surface area contributed by atoms with Crippen LogP contribution in [0.25, 0.3) is 0 Å². The zero-order valence-corrected chi connectivity index (χ0v) is 20.9. The minimum absolute atomic E-state index is 0.186. The quantitative estimate of drug-likeness (QED) is 0.473. The number of esters is 1. The fourth-order valence-electron chi connectivity index (χ4n) is 3.17. The Bertz CT molecular complexity index is 825. The summed E-state index contributed by atoms with van der Waals surface area (Å²) >= 11 is 0. The van der Waals surface area contributed by atoms with Gasteiger partial charge in [-0.05, 0) is 61.6 Å². The van der Waals surface area contributed by atoms with Crippen LogP contribution in [0.5, 0.6) is 23.0 Å². The number of carbonyl (C=O) groups excluding carboxylic acids is 1. The van der Waals surface area contributed by atoms with Crippen LogP contribution >= 0.6 is 0 Å². The molecule has 0 aliphatic rings. The molecule has 0 unspecified atom stereocenters. The van der Waals surface area contributed by atoms with Crippen molar-refractivity contribution in [1.29, 1.82) is 0 Å². The van der Waals surface area contributed by atoms with Crippen LogP contribution in [0.4, 0.5) is 0 Å². The predicted octanol–water partition coefficient (Wildman–Crippen LogP) is 7.09. The van der Waals surface area contributed by atoms with Crippen molar-refractivity contribution in [3.63, 3.8) is 0 Å². The molecular formula is C26H40O5. The molecule has 0 heterocycles. The molecule has 1 N–H and O–H groups in total. The Kier molecular flexibility index (Phi) is 13.1. The Morgan fingerprint density at radius 3 is 2.13 bits per heavy atom. The number of benzene rings is 2. The summed E-state index contributed by atoms with van der Waals surface area (Å²) in [6, 6.07) is 7.24. The molecule has 0 radical (unpaired) electrons. The van der Waals surface area contributed by atoms with Crippen LogP contribution < -0.4 is 9.47 Å². The first-order chi connectivity index (χ1) is 14.8. The van der Waals surface area contributed by atoms with E-state index in [0.29, 0.717) is 30.1 Å². The van der Waals surface area contributed by atoms with Crippen molar-refractivity contribution >= 4 is 5.97 Å². The number of aromatic hydroxyl groups is 1. The molecule has 0 saturated carbocycles. The van der Waals surface area contributed by atoms with Gasteiger partial charge in [-0.2, -0.15) is 0 Å². The van der Waals surface area contributed by atoms with Gasteiger partial charge in [0.25, 0.3) is 0 Å². The average molecular weight is 433 g/mol. The third-order valence-corrected chi connectivity index (χ3v) is 4.59. The molecule has 0 saturated heterocycles. The molecule has 2 aromatic carbocycles. The first kappa shape index (κ1) is 28.3. The van der Waals surface area contributed by atoms with Gasteiger partial charge in [-0.1, -0.05) is 41.5 Å². The number of phenolic OH excluding ortho intramolecular Hbond substituents is 1. The Morgan fingerprint density at radius 2 is 1.61 bits per heavy atom. The third-order valence-electron chi connectivity index (χ3n) is 4.59. The summed E-state index contributed by atoms with van der Waals surface area (Å²) in [6.07, 6.45) is 0.830. The molecule has 31 heavy (non-hydrogen) atoms. The highest BCUT2D eigenvalue weighted by atomic mass is 16.5. The van der Waals surface area contributed by atoms with Crippen LogP contribution in [-0.2, 0) is 16.0 Å². The molecule has 5 heteroatoms. The van der Waals surface area contributed by atoms with E-state index in [-0.39, 0.29) is 17.6 Å². The molecule has 0 amide bonds. The van der Waals surface area contributed by atoms with Crippen LogP contribution in [-0.4, -0.2) is 25.3 Å². The summed E-state index contributed by atoms with van der Waals surface area (Å²) in [5.41, 5.74) is 3.60. The lowest BCUT2D eigenvalue weighted by Crippen LogP contribution is -2.05. The fraction of sp³-hybridized carbons (Fsp3) is 0.500. The van der Waals surface area contributed by atoms with Crippen LogP contribution in [0.15, 0.2) is 24.3 Å².